The Morgan fingerprint density at radius 2 is 1.76 bits per heavy atom. The summed E-state index contributed by atoms with van der Waals surface area (Å²) >= 11 is 0. The Morgan fingerprint density at radius 3 is 2.18 bits per heavy atom. The van der Waals surface area contributed by atoms with Crippen molar-refractivity contribution in [3.05, 3.63) is 0 Å². The van der Waals surface area contributed by atoms with E-state index in [-0.39, 0.29) is 12.8 Å². The van der Waals surface area contributed by atoms with Crippen molar-refractivity contribution in [2.75, 3.05) is 0 Å². The predicted octanol–water partition coefficient (Wildman–Crippen LogP) is 3.16. The second-order valence-corrected chi connectivity index (χ2v) is 4.62. The molecular formula is C13H24O4. The maximum Gasteiger partial charge on any atom is 0.306 e. The average Bonchev–Trinajstić information content (AvgIpc) is 2.27. The summed E-state index contributed by atoms with van der Waals surface area (Å²) in [6.45, 7) is 4.18. The first kappa shape index (κ1) is 15.9. The molecule has 0 aliphatic heterocycles. The number of hydrogen-bond acceptors (Lipinski definition) is 2. The fourth-order valence-corrected chi connectivity index (χ4v) is 2.02. The minimum Gasteiger partial charge on any atom is -0.481 e. The summed E-state index contributed by atoms with van der Waals surface area (Å²) in [5.41, 5.74) is 0. The molecule has 17 heavy (non-hydrogen) atoms. The second-order valence-electron chi connectivity index (χ2n) is 4.62. The molecule has 2 unspecified atom stereocenters. The first-order valence-corrected chi connectivity index (χ1v) is 6.45. The lowest BCUT2D eigenvalue weighted by Crippen LogP contribution is -2.19. The van der Waals surface area contributed by atoms with Crippen molar-refractivity contribution >= 4 is 11.9 Å². The third-order valence-electron chi connectivity index (χ3n) is 3.22. The summed E-state index contributed by atoms with van der Waals surface area (Å²) in [7, 11) is 0. The van der Waals surface area contributed by atoms with Crippen molar-refractivity contribution < 1.29 is 19.8 Å². The van der Waals surface area contributed by atoms with Gasteiger partial charge in [0.25, 0.3) is 0 Å². The molecule has 2 atom stereocenters. The maximum atomic E-state index is 11.0. The zero-order valence-electron chi connectivity index (χ0n) is 10.8. The van der Waals surface area contributed by atoms with Gasteiger partial charge in [0.15, 0.2) is 0 Å². The van der Waals surface area contributed by atoms with E-state index in [2.05, 4.69) is 13.8 Å². The van der Waals surface area contributed by atoms with Gasteiger partial charge in [0, 0.05) is 6.42 Å². The Morgan fingerprint density at radius 1 is 1.12 bits per heavy atom. The minimum absolute atomic E-state index is 0.0544. The van der Waals surface area contributed by atoms with E-state index in [4.69, 9.17) is 10.2 Å². The summed E-state index contributed by atoms with van der Waals surface area (Å²) in [5, 5.41) is 17.6. The maximum absolute atomic E-state index is 11.0. The third-order valence-corrected chi connectivity index (χ3v) is 3.22. The van der Waals surface area contributed by atoms with Crippen LogP contribution in [0.25, 0.3) is 0 Å². The number of carbonyl (C=O) groups is 2. The van der Waals surface area contributed by atoms with Gasteiger partial charge in [-0.05, 0) is 18.8 Å². The van der Waals surface area contributed by atoms with Gasteiger partial charge >= 0.3 is 11.9 Å². The Labute approximate surface area is 103 Å². The number of rotatable bonds is 10. The quantitative estimate of drug-likeness (QED) is 0.619. The highest BCUT2D eigenvalue weighted by molar-refractivity contribution is 5.72. The smallest absolute Gasteiger partial charge is 0.306 e. The first-order valence-electron chi connectivity index (χ1n) is 6.45. The van der Waals surface area contributed by atoms with Crippen LogP contribution in [0, 0.1) is 11.8 Å². The molecule has 4 heteroatoms. The van der Waals surface area contributed by atoms with Crippen LogP contribution < -0.4 is 0 Å². The topological polar surface area (TPSA) is 74.6 Å². The highest BCUT2D eigenvalue weighted by Crippen LogP contribution is 2.24. The molecular weight excluding hydrogens is 220 g/mol. The highest BCUT2D eigenvalue weighted by atomic mass is 16.4. The molecule has 0 saturated carbocycles. The Kier molecular flexibility index (Phi) is 8.46. The molecule has 0 rings (SSSR count). The van der Waals surface area contributed by atoms with E-state index >= 15 is 0 Å². The van der Waals surface area contributed by atoms with E-state index < -0.39 is 17.9 Å². The molecule has 4 nitrogen and oxygen atoms in total. The monoisotopic (exact) mass is 244 g/mol. The molecule has 0 aromatic carbocycles. The van der Waals surface area contributed by atoms with Gasteiger partial charge in [-0.15, -0.1) is 0 Å². The van der Waals surface area contributed by atoms with E-state index in [0.29, 0.717) is 12.3 Å². The zero-order valence-corrected chi connectivity index (χ0v) is 10.8. The van der Waals surface area contributed by atoms with Crippen molar-refractivity contribution in [3.8, 4) is 0 Å². The fraction of sp³-hybridized carbons (Fsp3) is 0.846. The molecule has 0 aromatic heterocycles. The van der Waals surface area contributed by atoms with E-state index in [1.165, 1.54) is 0 Å². The van der Waals surface area contributed by atoms with Crippen LogP contribution in [0.15, 0.2) is 0 Å². The molecule has 0 aliphatic carbocycles. The Bertz CT molecular complexity index is 238. The summed E-state index contributed by atoms with van der Waals surface area (Å²) in [6.07, 6.45) is 5.04. The van der Waals surface area contributed by atoms with Crippen LogP contribution in [0.3, 0.4) is 0 Å². The van der Waals surface area contributed by atoms with Gasteiger partial charge < -0.3 is 10.2 Å². The molecule has 0 fully saturated rings. The summed E-state index contributed by atoms with van der Waals surface area (Å²) < 4.78 is 0. The molecule has 0 saturated heterocycles. The summed E-state index contributed by atoms with van der Waals surface area (Å²) in [5.74, 6) is -1.88. The van der Waals surface area contributed by atoms with Crippen LogP contribution in [0.4, 0.5) is 0 Å². The van der Waals surface area contributed by atoms with Crippen LogP contribution >= 0.6 is 0 Å². The van der Waals surface area contributed by atoms with Gasteiger partial charge in [-0.2, -0.15) is 0 Å². The fourth-order valence-electron chi connectivity index (χ4n) is 2.02. The molecule has 0 aliphatic rings. The molecule has 0 radical (unpaired) electrons. The molecule has 0 spiro atoms. The van der Waals surface area contributed by atoms with Gasteiger partial charge in [0.2, 0.25) is 0 Å². The van der Waals surface area contributed by atoms with Crippen LogP contribution in [-0.2, 0) is 9.59 Å². The molecule has 100 valence electrons. The lowest BCUT2D eigenvalue weighted by atomic mass is 9.86. The van der Waals surface area contributed by atoms with Crippen LogP contribution in [0.5, 0.6) is 0 Å². The van der Waals surface area contributed by atoms with E-state index in [1.54, 1.807) is 0 Å². The molecule has 2 N–H and O–H groups in total. The zero-order chi connectivity index (χ0) is 13.3. The second kappa shape index (κ2) is 9.02. The first-order chi connectivity index (χ1) is 8.01. The van der Waals surface area contributed by atoms with E-state index in [9.17, 15) is 9.59 Å². The minimum atomic E-state index is -0.919. The molecule has 0 amide bonds. The number of unbranched alkanes of at least 4 members (excludes halogenated alkanes) is 1. The highest BCUT2D eigenvalue weighted by Gasteiger charge is 2.22. The number of hydrogen-bond donors (Lipinski definition) is 2. The third kappa shape index (κ3) is 7.77. The number of aliphatic carboxylic acids is 2. The van der Waals surface area contributed by atoms with Crippen molar-refractivity contribution in [3.63, 3.8) is 0 Å². The lowest BCUT2D eigenvalue weighted by molar-refractivity contribution is -0.143. The predicted molar refractivity (Wildman–Crippen MR) is 65.9 cm³/mol. The SMILES string of the molecule is CCCCC(CC)CC(CCC(=O)O)C(=O)O. The molecule has 0 aromatic rings. The average molecular weight is 244 g/mol. The summed E-state index contributed by atoms with van der Waals surface area (Å²) in [6, 6.07) is 0. The standard InChI is InChI=1S/C13H24O4/c1-3-5-6-10(4-2)9-11(13(16)17)7-8-12(14)15/h10-11H,3-9H2,1-2H3,(H,14,15)(H,16,17). The van der Waals surface area contributed by atoms with Crippen molar-refractivity contribution in [2.45, 2.75) is 58.8 Å². The molecule has 0 bridgehead atoms. The van der Waals surface area contributed by atoms with Gasteiger partial charge in [0.05, 0.1) is 5.92 Å². The van der Waals surface area contributed by atoms with Gasteiger partial charge in [0.1, 0.15) is 0 Å². The summed E-state index contributed by atoms with van der Waals surface area (Å²) in [4.78, 5) is 21.5. The van der Waals surface area contributed by atoms with Crippen molar-refractivity contribution in [2.24, 2.45) is 11.8 Å². The van der Waals surface area contributed by atoms with Gasteiger partial charge in [-0.25, -0.2) is 0 Å². The van der Waals surface area contributed by atoms with Gasteiger partial charge in [-0.1, -0.05) is 39.5 Å². The number of carboxylic acids is 2. The van der Waals surface area contributed by atoms with Gasteiger partial charge in [-0.3, -0.25) is 9.59 Å². The Balaban J connectivity index is 4.19. The van der Waals surface area contributed by atoms with Crippen LogP contribution in [-0.4, -0.2) is 22.2 Å². The Hall–Kier alpha value is -1.06. The number of carboxylic acid groups (broad SMARTS) is 2. The van der Waals surface area contributed by atoms with Crippen molar-refractivity contribution in [1.29, 1.82) is 0 Å². The van der Waals surface area contributed by atoms with E-state index in [1.807, 2.05) is 0 Å². The van der Waals surface area contributed by atoms with Crippen LogP contribution in [0.1, 0.15) is 58.8 Å². The molecule has 0 heterocycles. The van der Waals surface area contributed by atoms with E-state index in [0.717, 1.165) is 25.7 Å². The normalized spacial score (nSPS) is 14.2. The van der Waals surface area contributed by atoms with Crippen molar-refractivity contribution in [1.82, 2.24) is 0 Å². The largest absolute Gasteiger partial charge is 0.481 e. The lowest BCUT2D eigenvalue weighted by Gasteiger charge is -2.19. The van der Waals surface area contributed by atoms with Crippen LogP contribution in [0.2, 0.25) is 0 Å².